The first-order valence-electron chi connectivity index (χ1n) is 7.15. The highest BCUT2D eigenvalue weighted by Crippen LogP contribution is 2.28. The minimum Gasteiger partial charge on any atom is -0.495 e. The zero-order valence-corrected chi connectivity index (χ0v) is 13.2. The number of carbonyl (C=O) groups is 1. The van der Waals surface area contributed by atoms with E-state index in [-0.39, 0.29) is 6.09 Å². The van der Waals surface area contributed by atoms with Gasteiger partial charge in [-0.1, -0.05) is 11.6 Å². The van der Waals surface area contributed by atoms with E-state index in [9.17, 15) is 4.79 Å². The fourth-order valence-electron chi connectivity index (χ4n) is 2.41. The predicted octanol–water partition coefficient (Wildman–Crippen LogP) is 3.38. The monoisotopic (exact) mass is 312 g/mol. The van der Waals surface area contributed by atoms with Crippen LogP contribution in [-0.4, -0.2) is 43.8 Å². The van der Waals surface area contributed by atoms with E-state index in [1.54, 1.807) is 12.0 Å². The Bertz CT molecular complexity index is 488. The summed E-state index contributed by atoms with van der Waals surface area (Å²) >= 11 is 6.01. The summed E-state index contributed by atoms with van der Waals surface area (Å²) in [6.07, 6.45) is 1.57. The number of nitrogens with zero attached hydrogens (tertiary/aromatic N) is 1. The zero-order chi connectivity index (χ0) is 15.2. The second kappa shape index (κ2) is 7.41. The summed E-state index contributed by atoms with van der Waals surface area (Å²) in [5.41, 5.74) is 0.978. The van der Waals surface area contributed by atoms with Gasteiger partial charge >= 0.3 is 6.09 Å². The number of hydrogen-bond acceptors (Lipinski definition) is 4. The standard InChI is InChI=1S/C15H21ClN2O3/c1-3-21-15(19)18-8-6-11(7-9-18)17-12-4-5-13(16)14(10-12)20-2/h4-5,10-11,17H,3,6-9H2,1-2H3. The van der Waals surface area contributed by atoms with Crippen molar-refractivity contribution in [1.29, 1.82) is 0 Å². The molecular formula is C15H21ClN2O3. The Labute approximate surface area is 130 Å². The third-order valence-corrected chi connectivity index (χ3v) is 3.86. The molecule has 0 aliphatic carbocycles. The number of methoxy groups -OCH3 is 1. The van der Waals surface area contributed by atoms with Crippen molar-refractivity contribution < 1.29 is 14.3 Å². The number of hydrogen-bond donors (Lipinski definition) is 1. The number of benzene rings is 1. The van der Waals surface area contributed by atoms with Gasteiger partial charge in [0.15, 0.2) is 0 Å². The largest absolute Gasteiger partial charge is 0.495 e. The first-order valence-corrected chi connectivity index (χ1v) is 7.53. The van der Waals surface area contributed by atoms with E-state index in [1.807, 2.05) is 25.1 Å². The van der Waals surface area contributed by atoms with Gasteiger partial charge in [-0.25, -0.2) is 4.79 Å². The second-order valence-corrected chi connectivity index (χ2v) is 5.36. The number of rotatable bonds is 4. The molecule has 5 nitrogen and oxygen atoms in total. The number of carbonyl (C=O) groups excluding carboxylic acids is 1. The van der Waals surface area contributed by atoms with Crippen molar-refractivity contribution >= 4 is 23.4 Å². The minimum atomic E-state index is -0.218. The van der Waals surface area contributed by atoms with Crippen molar-refractivity contribution in [2.24, 2.45) is 0 Å². The minimum absolute atomic E-state index is 0.218. The predicted molar refractivity (Wildman–Crippen MR) is 83.2 cm³/mol. The van der Waals surface area contributed by atoms with Crippen molar-refractivity contribution in [3.63, 3.8) is 0 Å². The topological polar surface area (TPSA) is 50.8 Å². The highest BCUT2D eigenvalue weighted by Gasteiger charge is 2.23. The normalized spacial score (nSPS) is 15.7. The second-order valence-electron chi connectivity index (χ2n) is 4.95. The van der Waals surface area contributed by atoms with Crippen LogP contribution in [0.25, 0.3) is 0 Å². The molecule has 2 rings (SSSR count). The molecule has 1 aromatic carbocycles. The van der Waals surface area contributed by atoms with Crippen LogP contribution in [0.1, 0.15) is 19.8 Å². The van der Waals surface area contributed by atoms with Crippen molar-refractivity contribution in [2.75, 3.05) is 32.1 Å². The summed E-state index contributed by atoms with van der Waals surface area (Å²) in [6, 6.07) is 5.97. The molecule has 0 aromatic heterocycles. The lowest BCUT2D eigenvalue weighted by Gasteiger charge is -2.32. The lowest BCUT2D eigenvalue weighted by atomic mass is 10.1. The van der Waals surface area contributed by atoms with E-state index < -0.39 is 0 Å². The maximum atomic E-state index is 11.6. The maximum absolute atomic E-state index is 11.6. The Morgan fingerprint density at radius 2 is 2.14 bits per heavy atom. The molecule has 1 heterocycles. The van der Waals surface area contributed by atoms with Gasteiger partial charge in [0.2, 0.25) is 0 Å². The fraction of sp³-hybridized carbons (Fsp3) is 0.533. The van der Waals surface area contributed by atoms with Crippen LogP contribution in [0, 0.1) is 0 Å². The third kappa shape index (κ3) is 4.17. The van der Waals surface area contributed by atoms with Gasteiger partial charge in [0.1, 0.15) is 5.75 Å². The SMILES string of the molecule is CCOC(=O)N1CCC(Nc2ccc(Cl)c(OC)c2)CC1. The molecule has 1 aliphatic rings. The van der Waals surface area contributed by atoms with Crippen LogP contribution < -0.4 is 10.1 Å². The lowest BCUT2D eigenvalue weighted by molar-refractivity contribution is 0.0983. The number of piperidine rings is 1. The summed E-state index contributed by atoms with van der Waals surface area (Å²) in [6.45, 7) is 3.66. The van der Waals surface area contributed by atoms with Gasteiger partial charge in [-0.3, -0.25) is 0 Å². The number of anilines is 1. The van der Waals surface area contributed by atoms with Crippen molar-refractivity contribution in [3.8, 4) is 5.75 Å². The summed E-state index contributed by atoms with van der Waals surface area (Å²) in [4.78, 5) is 13.4. The molecule has 0 bridgehead atoms. The molecule has 1 fully saturated rings. The van der Waals surface area contributed by atoms with E-state index >= 15 is 0 Å². The van der Waals surface area contributed by atoms with Crippen LogP contribution >= 0.6 is 11.6 Å². The zero-order valence-electron chi connectivity index (χ0n) is 12.4. The Kier molecular flexibility index (Phi) is 5.56. The summed E-state index contributed by atoms with van der Waals surface area (Å²) in [5, 5.41) is 4.05. The van der Waals surface area contributed by atoms with E-state index in [4.69, 9.17) is 21.1 Å². The van der Waals surface area contributed by atoms with Crippen molar-refractivity contribution in [3.05, 3.63) is 23.2 Å². The number of likely N-dealkylation sites (tertiary alicyclic amines) is 1. The maximum Gasteiger partial charge on any atom is 0.409 e. The molecule has 1 aromatic rings. The molecule has 1 N–H and O–H groups in total. The van der Waals surface area contributed by atoms with Crippen LogP contribution in [-0.2, 0) is 4.74 Å². The summed E-state index contributed by atoms with van der Waals surface area (Å²) in [5.74, 6) is 0.658. The highest BCUT2D eigenvalue weighted by atomic mass is 35.5. The number of halogens is 1. The van der Waals surface area contributed by atoms with Crippen LogP contribution in [0.3, 0.4) is 0 Å². The van der Waals surface area contributed by atoms with Gasteiger partial charge in [-0.2, -0.15) is 0 Å². The molecule has 0 spiro atoms. The number of nitrogens with one attached hydrogen (secondary N) is 1. The van der Waals surface area contributed by atoms with Gasteiger partial charge in [0.25, 0.3) is 0 Å². The molecule has 0 radical (unpaired) electrons. The number of amides is 1. The lowest BCUT2D eigenvalue weighted by Crippen LogP contribution is -2.42. The van der Waals surface area contributed by atoms with E-state index in [1.165, 1.54) is 0 Å². The number of ether oxygens (including phenoxy) is 2. The quantitative estimate of drug-likeness (QED) is 0.926. The average molecular weight is 313 g/mol. The Morgan fingerprint density at radius 3 is 2.76 bits per heavy atom. The summed E-state index contributed by atoms with van der Waals surface area (Å²) < 4.78 is 10.2. The van der Waals surface area contributed by atoms with Crippen LogP contribution in [0.4, 0.5) is 10.5 Å². The fourth-order valence-corrected chi connectivity index (χ4v) is 2.60. The van der Waals surface area contributed by atoms with Crippen LogP contribution in [0.5, 0.6) is 5.75 Å². The van der Waals surface area contributed by atoms with E-state index in [0.29, 0.717) is 36.5 Å². The van der Waals surface area contributed by atoms with Gasteiger partial charge in [-0.05, 0) is 31.9 Å². The van der Waals surface area contributed by atoms with Gasteiger partial charge in [-0.15, -0.1) is 0 Å². The molecule has 0 saturated carbocycles. The first-order chi connectivity index (χ1) is 10.1. The van der Waals surface area contributed by atoms with E-state index in [2.05, 4.69) is 5.32 Å². The smallest absolute Gasteiger partial charge is 0.409 e. The van der Waals surface area contributed by atoms with Crippen LogP contribution in [0.2, 0.25) is 5.02 Å². The highest BCUT2D eigenvalue weighted by molar-refractivity contribution is 6.32. The van der Waals surface area contributed by atoms with Crippen molar-refractivity contribution in [1.82, 2.24) is 4.90 Å². The van der Waals surface area contributed by atoms with Crippen molar-refractivity contribution in [2.45, 2.75) is 25.8 Å². The first kappa shape index (κ1) is 15.8. The Morgan fingerprint density at radius 1 is 1.43 bits per heavy atom. The third-order valence-electron chi connectivity index (χ3n) is 3.54. The summed E-state index contributed by atoms with van der Waals surface area (Å²) in [7, 11) is 1.60. The Hall–Kier alpha value is -1.62. The molecule has 116 valence electrons. The molecule has 0 atom stereocenters. The Balaban J connectivity index is 1.87. The molecule has 1 saturated heterocycles. The molecule has 6 heteroatoms. The molecule has 0 unspecified atom stereocenters. The van der Waals surface area contributed by atoms with E-state index in [0.717, 1.165) is 18.5 Å². The molecule has 1 aliphatic heterocycles. The van der Waals surface area contributed by atoms with Crippen LogP contribution in [0.15, 0.2) is 18.2 Å². The average Bonchev–Trinajstić information content (AvgIpc) is 2.50. The molecular weight excluding hydrogens is 292 g/mol. The van der Waals surface area contributed by atoms with Gasteiger partial charge in [0, 0.05) is 30.9 Å². The molecule has 21 heavy (non-hydrogen) atoms. The molecule has 1 amide bonds. The van der Waals surface area contributed by atoms with Gasteiger partial charge < -0.3 is 19.7 Å². The van der Waals surface area contributed by atoms with Gasteiger partial charge in [0.05, 0.1) is 18.7 Å².